The minimum atomic E-state index is -4.39. The Labute approximate surface area is 107 Å². The third kappa shape index (κ3) is 2.19. The van der Waals surface area contributed by atoms with Crippen LogP contribution >= 0.6 is 0 Å². The zero-order valence-corrected chi connectivity index (χ0v) is 9.61. The van der Waals surface area contributed by atoms with Gasteiger partial charge in [0.15, 0.2) is 5.75 Å². The molecule has 1 aliphatic heterocycles. The van der Waals surface area contributed by atoms with Gasteiger partial charge in [-0.15, -0.1) is 0 Å². The molecule has 2 nitrogen and oxygen atoms in total. The lowest BCUT2D eigenvalue weighted by molar-refractivity contribution is -0.137. The van der Waals surface area contributed by atoms with E-state index in [9.17, 15) is 13.2 Å². The van der Waals surface area contributed by atoms with E-state index < -0.39 is 11.7 Å². The zero-order valence-electron chi connectivity index (χ0n) is 9.61. The molecular formula is C14H8F3NO. The number of aliphatic imine (C=N–C) groups is 1. The first kappa shape index (κ1) is 11.8. The van der Waals surface area contributed by atoms with Crippen molar-refractivity contribution < 1.29 is 17.9 Å². The molecule has 96 valence electrons. The monoisotopic (exact) mass is 263 g/mol. The minimum Gasteiger partial charge on any atom is -0.454 e. The molecule has 0 unspecified atom stereocenters. The predicted molar refractivity (Wildman–Crippen MR) is 65.2 cm³/mol. The summed E-state index contributed by atoms with van der Waals surface area (Å²) >= 11 is 0. The molecule has 2 aromatic carbocycles. The standard InChI is InChI=1S/C14H8F3NO/c15-14(16,17)10-5-6-13-11(7-10)18-8-9-3-1-2-4-12(9)19-13/h1-8H. The molecule has 0 N–H and O–H groups in total. The summed E-state index contributed by atoms with van der Waals surface area (Å²) in [6.07, 6.45) is -2.88. The SMILES string of the molecule is FC(F)(F)c1ccc2c(c1)N=Cc1ccccc1O2. The highest BCUT2D eigenvalue weighted by molar-refractivity contribution is 5.87. The van der Waals surface area contributed by atoms with Crippen molar-refractivity contribution >= 4 is 11.9 Å². The van der Waals surface area contributed by atoms with Gasteiger partial charge >= 0.3 is 6.18 Å². The molecule has 0 aliphatic carbocycles. The quantitative estimate of drug-likeness (QED) is 0.582. The Balaban J connectivity index is 2.09. The van der Waals surface area contributed by atoms with E-state index in [-0.39, 0.29) is 5.69 Å². The molecule has 0 saturated heterocycles. The molecule has 0 aromatic heterocycles. The lowest BCUT2D eigenvalue weighted by atomic mass is 10.2. The van der Waals surface area contributed by atoms with E-state index in [2.05, 4.69) is 4.99 Å². The normalized spacial score (nSPS) is 13.2. The van der Waals surface area contributed by atoms with Crippen LogP contribution in [0.1, 0.15) is 11.1 Å². The fraction of sp³-hybridized carbons (Fsp3) is 0.0714. The van der Waals surface area contributed by atoms with Gasteiger partial charge in [-0.05, 0) is 30.3 Å². The van der Waals surface area contributed by atoms with Crippen molar-refractivity contribution in [1.29, 1.82) is 0 Å². The Hall–Kier alpha value is -2.30. The van der Waals surface area contributed by atoms with Crippen LogP contribution in [0.2, 0.25) is 0 Å². The molecule has 0 amide bonds. The second-order valence-electron chi connectivity index (χ2n) is 4.08. The van der Waals surface area contributed by atoms with Crippen molar-refractivity contribution in [2.24, 2.45) is 4.99 Å². The highest BCUT2D eigenvalue weighted by atomic mass is 19.4. The number of ether oxygens (including phenoxy) is 1. The number of halogens is 3. The van der Waals surface area contributed by atoms with Crippen molar-refractivity contribution in [2.45, 2.75) is 6.18 Å². The van der Waals surface area contributed by atoms with Crippen LogP contribution < -0.4 is 4.74 Å². The molecule has 0 bridgehead atoms. The summed E-state index contributed by atoms with van der Waals surface area (Å²) in [5.74, 6) is 0.888. The lowest BCUT2D eigenvalue weighted by Crippen LogP contribution is -2.04. The number of alkyl halides is 3. The van der Waals surface area contributed by atoms with Crippen LogP contribution in [0.5, 0.6) is 11.5 Å². The van der Waals surface area contributed by atoms with E-state index in [1.54, 1.807) is 18.2 Å². The summed E-state index contributed by atoms with van der Waals surface area (Å²) < 4.78 is 43.5. The first-order valence-electron chi connectivity index (χ1n) is 5.56. The van der Waals surface area contributed by atoms with Gasteiger partial charge in [0.05, 0.1) is 5.56 Å². The van der Waals surface area contributed by atoms with Crippen molar-refractivity contribution in [3.05, 3.63) is 53.6 Å². The molecule has 0 atom stereocenters. The highest BCUT2D eigenvalue weighted by Crippen LogP contribution is 2.40. The predicted octanol–water partition coefficient (Wildman–Crippen LogP) is 4.56. The summed E-state index contributed by atoms with van der Waals surface area (Å²) in [6.45, 7) is 0. The number of fused-ring (bicyclic) bond motifs is 2. The summed E-state index contributed by atoms with van der Waals surface area (Å²) in [5, 5.41) is 0. The number of rotatable bonds is 0. The number of hydrogen-bond donors (Lipinski definition) is 0. The van der Waals surface area contributed by atoms with Gasteiger partial charge in [0.2, 0.25) is 0 Å². The van der Waals surface area contributed by atoms with Gasteiger partial charge in [0.1, 0.15) is 11.4 Å². The topological polar surface area (TPSA) is 21.6 Å². The van der Waals surface area contributed by atoms with E-state index in [1.165, 1.54) is 12.3 Å². The van der Waals surface area contributed by atoms with Crippen molar-refractivity contribution in [2.75, 3.05) is 0 Å². The van der Waals surface area contributed by atoms with Crippen LogP contribution in [0.15, 0.2) is 47.5 Å². The van der Waals surface area contributed by atoms with Crippen LogP contribution in [0, 0.1) is 0 Å². The van der Waals surface area contributed by atoms with Gasteiger partial charge < -0.3 is 4.74 Å². The van der Waals surface area contributed by atoms with Gasteiger partial charge in [-0.3, -0.25) is 4.99 Å². The first-order valence-corrected chi connectivity index (χ1v) is 5.56. The second-order valence-corrected chi connectivity index (χ2v) is 4.08. The van der Waals surface area contributed by atoms with Crippen LogP contribution in [-0.4, -0.2) is 6.21 Å². The maximum Gasteiger partial charge on any atom is 0.416 e. The second kappa shape index (κ2) is 4.12. The van der Waals surface area contributed by atoms with Gasteiger partial charge in [-0.1, -0.05) is 12.1 Å². The summed E-state index contributed by atoms with van der Waals surface area (Å²) in [7, 11) is 0. The molecular weight excluding hydrogens is 255 g/mol. The number of hydrogen-bond acceptors (Lipinski definition) is 2. The van der Waals surface area contributed by atoms with Crippen molar-refractivity contribution in [3.63, 3.8) is 0 Å². The minimum absolute atomic E-state index is 0.172. The number of nitrogens with zero attached hydrogens (tertiary/aromatic N) is 1. The van der Waals surface area contributed by atoms with E-state index >= 15 is 0 Å². The summed E-state index contributed by atoms with van der Waals surface area (Å²) in [4.78, 5) is 4.05. The fourth-order valence-corrected chi connectivity index (χ4v) is 1.82. The van der Waals surface area contributed by atoms with Crippen molar-refractivity contribution in [1.82, 2.24) is 0 Å². The maximum atomic E-state index is 12.6. The van der Waals surface area contributed by atoms with E-state index in [0.717, 1.165) is 17.7 Å². The largest absolute Gasteiger partial charge is 0.454 e. The van der Waals surface area contributed by atoms with E-state index in [1.807, 2.05) is 6.07 Å². The van der Waals surface area contributed by atoms with Crippen LogP contribution in [0.25, 0.3) is 0 Å². The maximum absolute atomic E-state index is 12.6. The third-order valence-corrected chi connectivity index (χ3v) is 2.77. The molecule has 1 aliphatic rings. The summed E-state index contributed by atoms with van der Waals surface area (Å²) in [6, 6.07) is 10.4. The Morgan fingerprint density at radius 3 is 2.53 bits per heavy atom. The zero-order chi connectivity index (χ0) is 13.5. The number of para-hydroxylation sites is 1. The molecule has 0 spiro atoms. The molecule has 0 radical (unpaired) electrons. The van der Waals surface area contributed by atoms with Crippen LogP contribution in [-0.2, 0) is 6.18 Å². The van der Waals surface area contributed by atoms with Crippen LogP contribution in [0.3, 0.4) is 0 Å². The molecule has 1 heterocycles. The van der Waals surface area contributed by atoms with Gasteiger partial charge in [-0.25, -0.2) is 0 Å². The molecule has 0 fully saturated rings. The molecule has 3 rings (SSSR count). The molecule has 19 heavy (non-hydrogen) atoms. The smallest absolute Gasteiger partial charge is 0.416 e. The number of benzene rings is 2. The highest BCUT2D eigenvalue weighted by Gasteiger charge is 2.31. The van der Waals surface area contributed by atoms with E-state index in [0.29, 0.717) is 11.5 Å². The first-order chi connectivity index (χ1) is 9.04. The lowest BCUT2D eigenvalue weighted by Gasteiger charge is -2.10. The van der Waals surface area contributed by atoms with E-state index in [4.69, 9.17) is 4.74 Å². The third-order valence-electron chi connectivity index (χ3n) is 2.77. The van der Waals surface area contributed by atoms with Gasteiger partial charge in [-0.2, -0.15) is 13.2 Å². The van der Waals surface area contributed by atoms with Crippen LogP contribution in [0.4, 0.5) is 18.9 Å². The van der Waals surface area contributed by atoms with Crippen molar-refractivity contribution in [3.8, 4) is 11.5 Å². The molecule has 5 heteroatoms. The Kier molecular flexibility index (Phi) is 2.55. The molecule has 2 aromatic rings. The van der Waals surface area contributed by atoms with Gasteiger partial charge in [0, 0.05) is 11.8 Å². The average Bonchev–Trinajstić information content (AvgIpc) is 2.55. The average molecular weight is 263 g/mol. The fourth-order valence-electron chi connectivity index (χ4n) is 1.82. The Morgan fingerprint density at radius 1 is 0.947 bits per heavy atom. The Morgan fingerprint density at radius 2 is 1.74 bits per heavy atom. The molecule has 0 saturated carbocycles. The summed E-state index contributed by atoms with van der Waals surface area (Å²) in [5.41, 5.74) is 0.163. The van der Waals surface area contributed by atoms with Gasteiger partial charge in [0.25, 0.3) is 0 Å². The Bertz CT molecular complexity index is 662.